The lowest BCUT2D eigenvalue weighted by atomic mass is 9.83. The molecule has 0 saturated carbocycles. The van der Waals surface area contributed by atoms with E-state index in [4.69, 9.17) is 0 Å². The van der Waals surface area contributed by atoms with E-state index in [1.54, 1.807) is 0 Å². The first-order valence-corrected chi connectivity index (χ1v) is 7.01. The van der Waals surface area contributed by atoms with Crippen molar-refractivity contribution in [2.45, 2.75) is 52.8 Å². The van der Waals surface area contributed by atoms with Crippen molar-refractivity contribution in [3.05, 3.63) is 16.1 Å². The Morgan fingerprint density at radius 3 is 2.32 bits per heavy atom. The standard InChI is InChI=1S/C13H20F3NOS/c1-8(6-12(2,3)4)5-9(18)10-7-17-11(19-10)13(14,15)16/h7-9,18H,5-6H2,1-4H3. The molecule has 0 aliphatic rings. The number of halogens is 3. The third-order valence-electron chi connectivity index (χ3n) is 2.68. The molecule has 19 heavy (non-hydrogen) atoms. The summed E-state index contributed by atoms with van der Waals surface area (Å²) in [4.78, 5) is 3.61. The molecule has 1 N–H and O–H groups in total. The number of rotatable bonds is 4. The Kier molecular flexibility index (Phi) is 5.01. The van der Waals surface area contributed by atoms with Gasteiger partial charge in [0.05, 0.1) is 11.0 Å². The predicted molar refractivity (Wildman–Crippen MR) is 69.9 cm³/mol. The second-order valence-electron chi connectivity index (χ2n) is 6.19. The van der Waals surface area contributed by atoms with Gasteiger partial charge in [-0.05, 0) is 24.2 Å². The lowest BCUT2D eigenvalue weighted by molar-refractivity contribution is -0.137. The Balaban J connectivity index is 2.63. The molecule has 1 rings (SSSR count). The van der Waals surface area contributed by atoms with Crippen LogP contribution in [0.5, 0.6) is 0 Å². The smallest absolute Gasteiger partial charge is 0.388 e. The Hall–Kier alpha value is -0.620. The summed E-state index contributed by atoms with van der Waals surface area (Å²) in [6, 6.07) is 0. The second kappa shape index (κ2) is 5.79. The lowest BCUT2D eigenvalue weighted by Gasteiger charge is -2.24. The topological polar surface area (TPSA) is 33.1 Å². The minimum atomic E-state index is -4.43. The number of aliphatic hydroxyl groups excluding tert-OH is 1. The molecule has 0 saturated heterocycles. The minimum Gasteiger partial charge on any atom is -0.388 e. The number of hydrogen-bond donors (Lipinski definition) is 1. The van der Waals surface area contributed by atoms with E-state index in [0.717, 1.165) is 12.6 Å². The van der Waals surface area contributed by atoms with Gasteiger partial charge < -0.3 is 5.11 Å². The van der Waals surface area contributed by atoms with E-state index in [-0.39, 0.29) is 16.2 Å². The van der Waals surface area contributed by atoms with E-state index >= 15 is 0 Å². The van der Waals surface area contributed by atoms with Gasteiger partial charge in [-0.2, -0.15) is 13.2 Å². The highest BCUT2D eigenvalue weighted by Crippen LogP contribution is 2.37. The van der Waals surface area contributed by atoms with E-state index in [0.29, 0.717) is 17.8 Å². The number of aliphatic hydroxyl groups is 1. The SMILES string of the molecule is CC(CC(O)c1cnc(C(F)(F)F)s1)CC(C)(C)C. The van der Waals surface area contributed by atoms with Crippen molar-refractivity contribution < 1.29 is 18.3 Å². The summed E-state index contributed by atoms with van der Waals surface area (Å²) < 4.78 is 37.2. The molecule has 2 nitrogen and oxygen atoms in total. The first kappa shape index (κ1) is 16.4. The van der Waals surface area contributed by atoms with Gasteiger partial charge in [0.2, 0.25) is 0 Å². The van der Waals surface area contributed by atoms with Crippen LogP contribution in [0.3, 0.4) is 0 Å². The third-order valence-corrected chi connectivity index (χ3v) is 3.82. The Bertz CT molecular complexity index is 409. The van der Waals surface area contributed by atoms with Gasteiger partial charge >= 0.3 is 6.18 Å². The molecule has 0 aromatic carbocycles. The first-order valence-electron chi connectivity index (χ1n) is 6.20. The zero-order chi connectivity index (χ0) is 14.8. The number of aromatic nitrogens is 1. The van der Waals surface area contributed by atoms with Crippen molar-refractivity contribution in [1.82, 2.24) is 4.98 Å². The highest BCUT2D eigenvalue weighted by molar-refractivity contribution is 7.11. The van der Waals surface area contributed by atoms with Gasteiger partial charge in [-0.25, -0.2) is 4.98 Å². The van der Waals surface area contributed by atoms with E-state index in [1.165, 1.54) is 0 Å². The largest absolute Gasteiger partial charge is 0.443 e. The number of thiazole rings is 1. The van der Waals surface area contributed by atoms with E-state index in [9.17, 15) is 18.3 Å². The maximum atomic E-state index is 12.4. The molecular weight excluding hydrogens is 275 g/mol. The molecule has 0 aliphatic carbocycles. The van der Waals surface area contributed by atoms with Crippen molar-refractivity contribution in [2.75, 3.05) is 0 Å². The van der Waals surface area contributed by atoms with Gasteiger partial charge in [0.1, 0.15) is 0 Å². The summed E-state index contributed by atoms with van der Waals surface area (Å²) in [5.74, 6) is 0.242. The van der Waals surface area contributed by atoms with Gasteiger partial charge in [0, 0.05) is 6.20 Å². The predicted octanol–water partition coefficient (Wildman–Crippen LogP) is 4.66. The highest BCUT2D eigenvalue weighted by Gasteiger charge is 2.35. The van der Waals surface area contributed by atoms with Crippen LogP contribution in [0.2, 0.25) is 0 Å². The summed E-state index contributed by atoms with van der Waals surface area (Å²) in [6.45, 7) is 8.30. The van der Waals surface area contributed by atoms with E-state index in [2.05, 4.69) is 25.8 Å². The van der Waals surface area contributed by atoms with Gasteiger partial charge in [0.15, 0.2) is 5.01 Å². The summed E-state index contributed by atoms with van der Waals surface area (Å²) in [5.41, 5.74) is 0.143. The normalized spacial score (nSPS) is 16.4. The van der Waals surface area contributed by atoms with Crippen molar-refractivity contribution in [1.29, 1.82) is 0 Å². The first-order chi connectivity index (χ1) is 8.49. The maximum absolute atomic E-state index is 12.4. The van der Waals surface area contributed by atoms with Crippen LogP contribution in [0.25, 0.3) is 0 Å². The average Bonchev–Trinajstić information content (AvgIpc) is 2.61. The van der Waals surface area contributed by atoms with Gasteiger partial charge in [-0.1, -0.05) is 27.7 Å². The van der Waals surface area contributed by atoms with E-state index < -0.39 is 17.3 Å². The second-order valence-corrected chi connectivity index (χ2v) is 7.25. The fourth-order valence-electron chi connectivity index (χ4n) is 2.20. The molecule has 0 fully saturated rings. The molecule has 0 spiro atoms. The number of hydrogen-bond acceptors (Lipinski definition) is 3. The zero-order valence-electron chi connectivity index (χ0n) is 11.6. The molecule has 0 bridgehead atoms. The minimum absolute atomic E-state index is 0.143. The molecule has 0 aliphatic heterocycles. The van der Waals surface area contributed by atoms with Crippen molar-refractivity contribution >= 4 is 11.3 Å². The fourth-order valence-corrected chi connectivity index (χ4v) is 2.98. The molecule has 2 atom stereocenters. The van der Waals surface area contributed by atoms with Gasteiger partial charge in [-0.15, -0.1) is 11.3 Å². The van der Waals surface area contributed by atoms with Crippen LogP contribution in [-0.2, 0) is 6.18 Å². The molecule has 110 valence electrons. The summed E-state index contributed by atoms with van der Waals surface area (Å²) in [5, 5.41) is 9.07. The fraction of sp³-hybridized carbons (Fsp3) is 0.769. The van der Waals surface area contributed by atoms with Crippen LogP contribution >= 0.6 is 11.3 Å². The number of nitrogens with zero attached hydrogens (tertiary/aromatic N) is 1. The van der Waals surface area contributed by atoms with Gasteiger partial charge in [-0.3, -0.25) is 0 Å². The van der Waals surface area contributed by atoms with Crippen LogP contribution in [-0.4, -0.2) is 10.1 Å². The molecular formula is C13H20F3NOS. The van der Waals surface area contributed by atoms with Crippen molar-refractivity contribution in [3.63, 3.8) is 0 Å². The summed E-state index contributed by atoms with van der Waals surface area (Å²) >= 11 is 0.522. The Morgan fingerprint density at radius 1 is 1.32 bits per heavy atom. The van der Waals surface area contributed by atoms with Crippen LogP contribution in [0.15, 0.2) is 6.20 Å². The lowest BCUT2D eigenvalue weighted by Crippen LogP contribution is -2.13. The molecule has 2 unspecified atom stereocenters. The quantitative estimate of drug-likeness (QED) is 0.876. The Morgan fingerprint density at radius 2 is 1.89 bits per heavy atom. The summed E-state index contributed by atoms with van der Waals surface area (Å²) in [7, 11) is 0. The van der Waals surface area contributed by atoms with Gasteiger partial charge in [0.25, 0.3) is 0 Å². The van der Waals surface area contributed by atoms with Crippen LogP contribution in [0.1, 0.15) is 56.5 Å². The van der Waals surface area contributed by atoms with Crippen LogP contribution in [0, 0.1) is 11.3 Å². The zero-order valence-corrected chi connectivity index (χ0v) is 12.4. The highest BCUT2D eigenvalue weighted by atomic mass is 32.1. The molecule has 1 aromatic heterocycles. The van der Waals surface area contributed by atoms with Crippen molar-refractivity contribution in [2.24, 2.45) is 11.3 Å². The third kappa shape index (κ3) is 5.48. The maximum Gasteiger partial charge on any atom is 0.443 e. The molecule has 1 aromatic rings. The molecule has 6 heteroatoms. The number of alkyl halides is 3. The molecule has 0 amide bonds. The molecule has 0 radical (unpaired) electrons. The van der Waals surface area contributed by atoms with Crippen LogP contribution in [0.4, 0.5) is 13.2 Å². The van der Waals surface area contributed by atoms with Crippen molar-refractivity contribution in [3.8, 4) is 0 Å². The Labute approximate surface area is 115 Å². The average molecular weight is 295 g/mol. The monoisotopic (exact) mass is 295 g/mol. The van der Waals surface area contributed by atoms with E-state index in [1.807, 2.05) is 6.92 Å². The van der Waals surface area contributed by atoms with Crippen LogP contribution < -0.4 is 0 Å². The summed E-state index contributed by atoms with van der Waals surface area (Å²) in [6.07, 6.45) is -2.81. The molecule has 1 heterocycles.